The fourth-order valence-electron chi connectivity index (χ4n) is 3.15. The van der Waals surface area contributed by atoms with Gasteiger partial charge in [-0.25, -0.2) is 14.1 Å². The summed E-state index contributed by atoms with van der Waals surface area (Å²) >= 11 is 0. The van der Waals surface area contributed by atoms with Gasteiger partial charge < -0.3 is 9.73 Å². The van der Waals surface area contributed by atoms with Crippen LogP contribution in [0.15, 0.2) is 84.0 Å². The molecule has 0 unspecified atom stereocenters. The zero-order chi connectivity index (χ0) is 22.6. The van der Waals surface area contributed by atoms with Crippen LogP contribution in [0.2, 0.25) is 0 Å². The molecule has 0 aliphatic carbocycles. The summed E-state index contributed by atoms with van der Waals surface area (Å²) in [6, 6.07) is 16.8. The largest absolute Gasteiger partial charge is 0.465 e. The van der Waals surface area contributed by atoms with Crippen LogP contribution >= 0.6 is 0 Å². The summed E-state index contributed by atoms with van der Waals surface area (Å²) in [5.74, 6) is -0.371. The second-order valence-electron chi connectivity index (χ2n) is 6.79. The first-order chi connectivity index (χ1) is 16.2. The summed E-state index contributed by atoms with van der Waals surface area (Å²) in [5.41, 5.74) is 1.23. The van der Waals surface area contributed by atoms with Gasteiger partial charge in [-0.3, -0.25) is 4.79 Å². The molecule has 11 heteroatoms. The Labute approximate surface area is 186 Å². The smallest absolute Gasteiger partial charge is 0.274 e. The third kappa shape index (κ3) is 4.14. The van der Waals surface area contributed by atoms with Crippen LogP contribution in [-0.2, 0) is 4.79 Å². The molecule has 0 radical (unpaired) electrons. The highest BCUT2D eigenvalue weighted by Gasteiger charge is 2.20. The highest BCUT2D eigenvalue weighted by molar-refractivity contribution is 6.24. The zero-order valence-electron chi connectivity index (χ0n) is 16.9. The lowest BCUT2D eigenvalue weighted by Crippen LogP contribution is -2.19. The van der Waals surface area contributed by atoms with E-state index in [0.717, 1.165) is 0 Å². The van der Waals surface area contributed by atoms with E-state index in [1.165, 1.54) is 46.5 Å². The molecule has 162 valence electrons. The molecule has 3 heterocycles. The van der Waals surface area contributed by atoms with Crippen LogP contribution in [0.1, 0.15) is 5.76 Å². The van der Waals surface area contributed by atoms with Gasteiger partial charge in [0.25, 0.3) is 5.91 Å². The Balaban J connectivity index is 1.50. The number of aromatic nitrogens is 7. The van der Waals surface area contributed by atoms with Crippen molar-refractivity contribution in [2.75, 3.05) is 5.32 Å². The Hall–Kier alpha value is -4.93. The third-order valence-electron chi connectivity index (χ3n) is 4.66. The molecule has 5 rings (SSSR count). The van der Waals surface area contributed by atoms with Crippen molar-refractivity contribution in [3.63, 3.8) is 0 Å². The lowest BCUT2D eigenvalue weighted by molar-refractivity contribution is -0.111. The van der Waals surface area contributed by atoms with Crippen molar-refractivity contribution in [1.82, 2.24) is 35.0 Å². The van der Waals surface area contributed by atoms with Gasteiger partial charge in [-0.2, -0.15) is 9.78 Å². The van der Waals surface area contributed by atoms with Crippen LogP contribution in [0.25, 0.3) is 28.8 Å². The molecule has 0 atom stereocenters. The van der Waals surface area contributed by atoms with Crippen molar-refractivity contribution in [2.45, 2.75) is 0 Å². The molecule has 0 bridgehead atoms. The fourth-order valence-corrected chi connectivity index (χ4v) is 3.15. The molecule has 0 saturated heterocycles. The van der Waals surface area contributed by atoms with Crippen LogP contribution in [0.5, 0.6) is 0 Å². The number of tetrazole rings is 1. The van der Waals surface area contributed by atoms with Crippen molar-refractivity contribution < 1.29 is 13.6 Å². The predicted octanol–water partition coefficient (Wildman–Crippen LogP) is 3.29. The molecule has 1 amide bonds. The van der Waals surface area contributed by atoms with Gasteiger partial charge >= 0.3 is 0 Å². The number of nitrogens with zero attached hydrogens (tertiary/aromatic N) is 7. The van der Waals surface area contributed by atoms with E-state index in [2.05, 4.69) is 30.9 Å². The van der Waals surface area contributed by atoms with Gasteiger partial charge in [0.05, 0.1) is 6.26 Å². The number of halogens is 1. The van der Waals surface area contributed by atoms with Crippen molar-refractivity contribution >= 4 is 23.4 Å². The van der Waals surface area contributed by atoms with E-state index in [9.17, 15) is 9.18 Å². The van der Waals surface area contributed by atoms with E-state index in [-0.39, 0.29) is 17.1 Å². The molecule has 0 fully saturated rings. The maximum Gasteiger partial charge on any atom is 0.274 e. The molecule has 2 aromatic carbocycles. The average molecular weight is 442 g/mol. The summed E-state index contributed by atoms with van der Waals surface area (Å²) < 4.78 is 22.6. The zero-order valence-corrected chi connectivity index (χ0v) is 16.9. The van der Waals surface area contributed by atoms with Gasteiger partial charge in [-0.1, -0.05) is 30.3 Å². The number of hydrogen-bond donors (Lipinski definition) is 1. The molecule has 0 spiro atoms. The van der Waals surface area contributed by atoms with E-state index >= 15 is 0 Å². The van der Waals surface area contributed by atoms with E-state index in [0.29, 0.717) is 17.1 Å². The number of nitrogens with one attached hydrogen (secondary N) is 1. The molecule has 0 saturated carbocycles. The SMILES string of the molecule is O=C(Nc1ccc(-n2cncn2)c(F)c1)/C(=C/c1ccco1)n1nnnc1-c1ccccc1. The number of amides is 1. The lowest BCUT2D eigenvalue weighted by atomic mass is 10.2. The van der Waals surface area contributed by atoms with Gasteiger partial charge in [0, 0.05) is 17.3 Å². The first-order valence-corrected chi connectivity index (χ1v) is 9.74. The van der Waals surface area contributed by atoms with Gasteiger partial charge in [-0.05, 0) is 40.8 Å². The van der Waals surface area contributed by atoms with E-state index in [1.807, 2.05) is 30.3 Å². The molecule has 10 nitrogen and oxygen atoms in total. The highest BCUT2D eigenvalue weighted by atomic mass is 19.1. The second-order valence-corrected chi connectivity index (χ2v) is 6.79. The van der Waals surface area contributed by atoms with Crippen molar-refractivity contribution in [1.29, 1.82) is 0 Å². The molecular formula is C22H15FN8O2. The van der Waals surface area contributed by atoms with E-state index in [4.69, 9.17) is 4.42 Å². The minimum atomic E-state index is -0.581. The lowest BCUT2D eigenvalue weighted by Gasteiger charge is -2.11. The maximum atomic E-state index is 14.6. The number of benzene rings is 2. The summed E-state index contributed by atoms with van der Waals surface area (Å²) in [7, 11) is 0. The molecule has 3 aromatic heterocycles. The Morgan fingerprint density at radius 3 is 2.70 bits per heavy atom. The molecular weight excluding hydrogens is 427 g/mol. The van der Waals surface area contributed by atoms with Gasteiger partial charge in [-0.15, -0.1) is 5.10 Å². The highest BCUT2D eigenvalue weighted by Crippen LogP contribution is 2.23. The van der Waals surface area contributed by atoms with E-state index < -0.39 is 11.7 Å². The van der Waals surface area contributed by atoms with Gasteiger partial charge in [0.1, 0.15) is 29.8 Å². The predicted molar refractivity (Wildman–Crippen MR) is 116 cm³/mol. The number of furan rings is 1. The average Bonchev–Trinajstić information content (AvgIpc) is 3.61. The van der Waals surface area contributed by atoms with Crippen LogP contribution in [-0.4, -0.2) is 40.9 Å². The summed E-state index contributed by atoms with van der Waals surface area (Å²) in [5, 5.41) is 18.4. The first kappa shape index (κ1) is 20.0. The Morgan fingerprint density at radius 2 is 1.97 bits per heavy atom. The van der Waals surface area contributed by atoms with Crippen LogP contribution < -0.4 is 5.32 Å². The number of rotatable bonds is 6. The molecule has 1 N–H and O–H groups in total. The fraction of sp³-hybridized carbons (Fsp3) is 0. The molecule has 0 aliphatic rings. The Bertz CT molecular complexity index is 1410. The van der Waals surface area contributed by atoms with Gasteiger partial charge in [0.2, 0.25) is 0 Å². The summed E-state index contributed by atoms with van der Waals surface area (Å²) in [6.45, 7) is 0. The van der Waals surface area contributed by atoms with Crippen molar-refractivity contribution in [2.24, 2.45) is 0 Å². The monoisotopic (exact) mass is 442 g/mol. The maximum absolute atomic E-state index is 14.6. The summed E-state index contributed by atoms with van der Waals surface area (Å²) in [4.78, 5) is 17.1. The molecule has 33 heavy (non-hydrogen) atoms. The second kappa shape index (κ2) is 8.67. The van der Waals surface area contributed by atoms with Crippen molar-refractivity contribution in [3.05, 3.63) is 91.2 Å². The Kier molecular flexibility index (Phi) is 5.25. The number of hydrogen-bond acceptors (Lipinski definition) is 7. The Morgan fingerprint density at radius 1 is 1.09 bits per heavy atom. The first-order valence-electron chi connectivity index (χ1n) is 9.74. The van der Waals surface area contributed by atoms with Crippen molar-refractivity contribution in [3.8, 4) is 17.1 Å². The molecule has 5 aromatic rings. The van der Waals surface area contributed by atoms with Crippen LogP contribution in [0, 0.1) is 5.82 Å². The number of carbonyl (C=O) groups excluding carboxylic acids is 1. The topological polar surface area (TPSA) is 117 Å². The minimum absolute atomic E-state index is 0.0783. The number of anilines is 1. The third-order valence-corrected chi connectivity index (χ3v) is 4.66. The molecule has 0 aliphatic heterocycles. The summed E-state index contributed by atoms with van der Waals surface area (Å²) in [6.07, 6.45) is 5.66. The van der Waals surface area contributed by atoms with Crippen LogP contribution in [0.3, 0.4) is 0 Å². The number of carbonyl (C=O) groups is 1. The normalized spacial score (nSPS) is 11.5. The van der Waals surface area contributed by atoms with Crippen LogP contribution in [0.4, 0.5) is 10.1 Å². The quantitative estimate of drug-likeness (QED) is 0.401. The standard InChI is InChI=1S/C22H15FN8O2/c23-18-11-16(8-9-19(18)30-14-24-13-25-30)26-22(32)20(12-17-7-4-10-33-17)31-21(27-28-29-31)15-5-2-1-3-6-15/h1-14H,(H,26,32)/b20-12-. The van der Waals surface area contributed by atoms with E-state index in [1.54, 1.807) is 18.2 Å². The minimum Gasteiger partial charge on any atom is -0.465 e. The van der Waals surface area contributed by atoms with Gasteiger partial charge in [0.15, 0.2) is 11.6 Å².